The quantitative estimate of drug-likeness (QED) is 0.797. The zero-order chi connectivity index (χ0) is 15.9. The summed E-state index contributed by atoms with van der Waals surface area (Å²) in [6.07, 6.45) is 2.58. The molecule has 0 aliphatic rings. The molecule has 116 valence electrons. The van der Waals surface area contributed by atoms with Crippen molar-refractivity contribution in [1.29, 1.82) is 0 Å². The lowest BCUT2D eigenvalue weighted by Crippen LogP contribution is -2.37. The summed E-state index contributed by atoms with van der Waals surface area (Å²) in [6.45, 7) is 5.80. The third kappa shape index (κ3) is 2.52. The monoisotopic (exact) mass is 318 g/mol. The Hall–Kier alpha value is -2.15. The number of nitrogens with zero attached hydrogens (tertiary/aromatic N) is 3. The molecule has 0 aliphatic heterocycles. The van der Waals surface area contributed by atoms with Crippen molar-refractivity contribution in [1.82, 2.24) is 19.5 Å². The molecule has 6 nitrogen and oxygen atoms in total. The largest absolute Gasteiger partial charge is 0.352 e. The molecular weight excluding hydrogens is 300 g/mol. The lowest BCUT2D eigenvalue weighted by atomic mass is 10.3. The number of amides is 1. The summed E-state index contributed by atoms with van der Waals surface area (Å²) < 4.78 is 4.07. The number of aryl methyl sites for hydroxylation is 1. The Balaban J connectivity index is 2.02. The van der Waals surface area contributed by atoms with E-state index in [0.29, 0.717) is 5.52 Å². The first-order chi connectivity index (χ1) is 10.5. The molecule has 0 atom stereocenters. The second kappa shape index (κ2) is 5.57. The summed E-state index contributed by atoms with van der Waals surface area (Å²) in [5, 5.41) is 6.88. The molecule has 3 heterocycles. The van der Waals surface area contributed by atoms with Gasteiger partial charge in [0, 0.05) is 10.9 Å². The third-order valence-corrected chi connectivity index (χ3v) is 4.65. The summed E-state index contributed by atoms with van der Waals surface area (Å²) in [5.41, 5.74) is 1.30. The molecule has 0 saturated carbocycles. The molecule has 3 aromatic rings. The molecule has 0 bridgehead atoms. The summed E-state index contributed by atoms with van der Waals surface area (Å²) in [5.74, 6) is -0.212. The van der Waals surface area contributed by atoms with Crippen molar-refractivity contribution in [3.63, 3.8) is 0 Å². The smallest absolute Gasteiger partial charge is 0.291 e. The normalized spacial score (nSPS) is 11.6. The van der Waals surface area contributed by atoms with Gasteiger partial charge in [0.15, 0.2) is 0 Å². The molecule has 1 N–H and O–H groups in total. The van der Waals surface area contributed by atoms with E-state index in [0.717, 1.165) is 16.6 Å². The zero-order valence-electron chi connectivity index (χ0n) is 12.8. The highest BCUT2D eigenvalue weighted by molar-refractivity contribution is 7.19. The van der Waals surface area contributed by atoms with Crippen molar-refractivity contribution in [2.45, 2.75) is 39.8 Å². The Bertz CT molecular complexity index is 903. The summed E-state index contributed by atoms with van der Waals surface area (Å²) >= 11 is 1.68. The van der Waals surface area contributed by atoms with Crippen molar-refractivity contribution in [2.24, 2.45) is 0 Å². The second-order valence-electron chi connectivity index (χ2n) is 5.53. The number of carbonyl (C=O) groups is 1. The van der Waals surface area contributed by atoms with E-state index in [9.17, 15) is 9.59 Å². The van der Waals surface area contributed by atoms with E-state index < -0.39 is 0 Å². The molecule has 3 rings (SSSR count). The molecule has 22 heavy (non-hydrogen) atoms. The van der Waals surface area contributed by atoms with E-state index in [2.05, 4.69) is 23.4 Å². The van der Waals surface area contributed by atoms with Crippen molar-refractivity contribution in [3.05, 3.63) is 33.7 Å². The van der Waals surface area contributed by atoms with Crippen molar-refractivity contribution >= 4 is 33.0 Å². The molecule has 1 amide bonds. The van der Waals surface area contributed by atoms with Crippen LogP contribution in [-0.2, 0) is 17.8 Å². The van der Waals surface area contributed by atoms with Gasteiger partial charge in [0.1, 0.15) is 18.4 Å². The third-order valence-electron chi connectivity index (χ3n) is 3.43. The van der Waals surface area contributed by atoms with E-state index in [4.69, 9.17) is 0 Å². The van der Waals surface area contributed by atoms with Crippen LogP contribution in [0.3, 0.4) is 0 Å². The molecular formula is C15H18N4O2S. The zero-order valence-corrected chi connectivity index (χ0v) is 13.6. The predicted molar refractivity (Wildman–Crippen MR) is 87.5 cm³/mol. The van der Waals surface area contributed by atoms with Crippen molar-refractivity contribution < 1.29 is 4.79 Å². The minimum atomic E-state index is -0.247. The average molecular weight is 318 g/mol. The van der Waals surface area contributed by atoms with Crippen LogP contribution in [0, 0.1) is 0 Å². The number of nitrogens with one attached hydrogen (secondary N) is 1. The Morgan fingerprint density at radius 3 is 2.82 bits per heavy atom. The van der Waals surface area contributed by atoms with Crippen LogP contribution in [0.1, 0.15) is 25.6 Å². The average Bonchev–Trinajstić information content (AvgIpc) is 2.98. The number of aromatic nitrogens is 3. The van der Waals surface area contributed by atoms with Gasteiger partial charge in [-0.1, -0.05) is 6.92 Å². The number of carbonyl (C=O) groups excluding carboxylic acids is 1. The van der Waals surface area contributed by atoms with Crippen LogP contribution in [0.4, 0.5) is 0 Å². The van der Waals surface area contributed by atoms with Gasteiger partial charge in [-0.25, -0.2) is 4.68 Å². The van der Waals surface area contributed by atoms with E-state index in [1.54, 1.807) is 22.1 Å². The van der Waals surface area contributed by atoms with Crippen LogP contribution in [0.25, 0.3) is 15.7 Å². The van der Waals surface area contributed by atoms with E-state index in [1.807, 2.05) is 19.9 Å². The minimum absolute atomic E-state index is 0.0398. The van der Waals surface area contributed by atoms with E-state index >= 15 is 0 Å². The minimum Gasteiger partial charge on any atom is -0.352 e. The van der Waals surface area contributed by atoms with E-state index in [-0.39, 0.29) is 24.1 Å². The highest BCUT2D eigenvalue weighted by Crippen LogP contribution is 2.27. The van der Waals surface area contributed by atoms with Gasteiger partial charge in [0.2, 0.25) is 5.91 Å². The van der Waals surface area contributed by atoms with E-state index in [1.165, 1.54) is 9.56 Å². The maximum atomic E-state index is 12.5. The summed E-state index contributed by atoms with van der Waals surface area (Å²) in [6, 6.07) is 4.00. The van der Waals surface area contributed by atoms with Crippen LogP contribution < -0.4 is 10.9 Å². The van der Waals surface area contributed by atoms with Gasteiger partial charge in [-0.05, 0) is 32.4 Å². The van der Waals surface area contributed by atoms with Crippen molar-refractivity contribution in [2.75, 3.05) is 0 Å². The Kier molecular flexibility index (Phi) is 3.74. The molecule has 0 aliphatic carbocycles. The number of thiophene rings is 1. The fourth-order valence-electron chi connectivity index (χ4n) is 2.44. The Morgan fingerprint density at radius 2 is 2.14 bits per heavy atom. The maximum Gasteiger partial charge on any atom is 0.291 e. The summed E-state index contributed by atoms with van der Waals surface area (Å²) in [7, 11) is 0. The van der Waals surface area contributed by atoms with Gasteiger partial charge in [0.05, 0.1) is 10.2 Å². The predicted octanol–water partition coefficient (Wildman–Crippen LogP) is 1.80. The fourth-order valence-corrected chi connectivity index (χ4v) is 3.47. The SMILES string of the molecule is CCc1cc2c(cc3c(=O)n(CC(=O)NC(C)C)ncn32)s1. The van der Waals surface area contributed by atoms with Gasteiger partial charge in [-0.15, -0.1) is 11.3 Å². The number of rotatable bonds is 4. The highest BCUT2D eigenvalue weighted by Gasteiger charge is 2.13. The molecule has 3 aromatic heterocycles. The molecule has 7 heteroatoms. The topological polar surface area (TPSA) is 68.4 Å². The van der Waals surface area contributed by atoms with Crippen molar-refractivity contribution in [3.8, 4) is 0 Å². The first kappa shape index (κ1) is 14.8. The highest BCUT2D eigenvalue weighted by atomic mass is 32.1. The standard InChI is InChI=1S/C15H18N4O2S/c1-4-10-5-11-13(22-10)6-12-15(21)19(16-8-18(11)12)7-14(20)17-9(2)3/h5-6,8-9H,4,7H2,1-3H3,(H,17,20). The van der Waals surface area contributed by atoms with Gasteiger partial charge < -0.3 is 5.32 Å². The van der Waals surface area contributed by atoms with Crippen LogP contribution in [0.2, 0.25) is 0 Å². The first-order valence-electron chi connectivity index (χ1n) is 7.28. The molecule has 0 fully saturated rings. The van der Waals surface area contributed by atoms with Crippen LogP contribution in [-0.4, -0.2) is 26.1 Å². The van der Waals surface area contributed by atoms with Gasteiger partial charge in [0.25, 0.3) is 5.56 Å². The number of fused-ring (bicyclic) bond motifs is 3. The first-order valence-corrected chi connectivity index (χ1v) is 8.10. The van der Waals surface area contributed by atoms with Gasteiger partial charge in [-0.2, -0.15) is 5.10 Å². The molecule has 0 spiro atoms. The number of hydrogen-bond donors (Lipinski definition) is 1. The Morgan fingerprint density at radius 1 is 1.36 bits per heavy atom. The maximum absolute atomic E-state index is 12.5. The number of hydrogen-bond acceptors (Lipinski definition) is 4. The molecule has 0 saturated heterocycles. The summed E-state index contributed by atoms with van der Waals surface area (Å²) in [4.78, 5) is 25.6. The lowest BCUT2D eigenvalue weighted by Gasteiger charge is -2.09. The second-order valence-corrected chi connectivity index (χ2v) is 6.70. The van der Waals surface area contributed by atoms with Crippen LogP contribution in [0.15, 0.2) is 23.3 Å². The molecule has 0 unspecified atom stereocenters. The van der Waals surface area contributed by atoms with Gasteiger partial charge >= 0.3 is 0 Å². The molecule has 0 radical (unpaired) electrons. The van der Waals surface area contributed by atoms with Crippen LogP contribution in [0.5, 0.6) is 0 Å². The van der Waals surface area contributed by atoms with Gasteiger partial charge in [-0.3, -0.25) is 14.0 Å². The fraction of sp³-hybridized carbons (Fsp3) is 0.400. The van der Waals surface area contributed by atoms with Crippen LogP contribution >= 0.6 is 11.3 Å². The molecule has 0 aromatic carbocycles. The lowest BCUT2D eigenvalue weighted by molar-refractivity contribution is -0.122. The Labute approximate surface area is 131 Å².